The van der Waals surface area contributed by atoms with Crippen LogP contribution in [0.1, 0.15) is 66.5 Å². The van der Waals surface area contributed by atoms with Gasteiger partial charge >= 0.3 is 0 Å². The summed E-state index contributed by atoms with van der Waals surface area (Å²) in [6, 6.07) is 6.60. The third kappa shape index (κ3) is 5.73. The molecule has 0 heterocycles. The minimum Gasteiger partial charge on any atom is -0.143 e. The molecular formula is C22H32S. The Morgan fingerprint density at radius 2 is 1.61 bits per heavy atom. The van der Waals surface area contributed by atoms with Crippen LogP contribution in [0.3, 0.4) is 0 Å². The van der Waals surface area contributed by atoms with E-state index in [1.165, 1.54) is 22.3 Å². The molecule has 0 aliphatic rings. The highest BCUT2D eigenvalue weighted by Gasteiger charge is 2.15. The zero-order chi connectivity index (χ0) is 17.8. The fraction of sp³-hybridized carbons (Fsp3) is 0.455. The van der Waals surface area contributed by atoms with Gasteiger partial charge < -0.3 is 0 Å². The fourth-order valence-electron chi connectivity index (χ4n) is 2.37. The standard InChI is InChI=1S/C22H32S/c1-9-10-17(21(3,4)5)12-11-16(2)19-14-13-18(15-20(19)23)22(6,7)8/h9-15,23H,1-8H3/b10-9+,16-11+,17-12+. The molecule has 0 bridgehead atoms. The van der Waals surface area contributed by atoms with E-state index in [0.29, 0.717) is 0 Å². The minimum atomic E-state index is 0.142. The van der Waals surface area contributed by atoms with Gasteiger partial charge in [-0.1, -0.05) is 78.0 Å². The van der Waals surface area contributed by atoms with Crippen LogP contribution in [0, 0.1) is 5.41 Å². The van der Waals surface area contributed by atoms with E-state index < -0.39 is 0 Å². The van der Waals surface area contributed by atoms with Crippen molar-refractivity contribution in [3.63, 3.8) is 0 Å². The predicted octanol–water partition coefficient (Wildman–Crippen LogP) is 7.22. The molecule has 0 aliphatic carbocycles. The summed E-state index contributed by atoms with van der Waals surface area (Å²) in [4.78, 5) is 1.04. The molecule has 0 N–H and O–H groups in total. The van der Waals surface area contributed by atoms with E-state index in [4.69, 9.17) is 12.6 Å². The Morgan fingerprint density at radius 1 is 1.00 bits per heavy atom. The molecule has 0 saturated carbocycles. The monoisotopic (exact) mass is 328 g/mol. The lowest BCUT2D eigenvalue weighted by Crippen LogP contribution is -2.11. The molecule has 0 amide bonds. The van der Waals surface area contributed by atoms with Crippen LogP contribution in [0.4, 0.5) is 0 Å². The summed E-state index contributed by atoms with van der Waals surface area (Å²) < 4.78 is 0. The molecule has 0 atom stereocenters. The molecule has 1 aromatic rings. The van der Waals surface area contributed by atoms with Crippen LogP contribution < -0.4 is 0 Å². The second-order valence-electron chi connectivity index (χ2n) is 8.20. The van der Waals surface area contributed by atoms with Gasteiger partial charge in [0.1, 0.15) is 0 Å². The van der Waals surface area contributed by atoms with E-state index in [1.54, 1.807) is 0 Å². The van der Waals surface area contributed by atoms with Gasteiger partial charge in [-0.25, -0.2) is 0 Å². The fourth-order valence-corrected chi connectivity index (χ4v) is 2.76. The molecule has 0 radical (unpaired) electrons. The predicted molar refractivity (Wildman–Crippen MR) is 108 cm³/mol. The van der Waals surface area contributed by atoms with Crippen LogP contribution in [0.2, 0.25) is 0 Å². The number of benzene rings is 1. The molecule has 1 aromatic carbocycles. The lowest BCUT2D eigenvalue weighted by atomic mass is 9.85. The minimum absolute atomic E-state index is 0.142. The van der Waals surface area contributed by atoms with E-state index in [9.17, 15) is 0 Å². The van der Waals surface area contributed by atoms with Crippen molar-refractivity contribution in [1.82, 2.24) is 0 Å². The molecule has 126 valence electrons. The van der Waals surface area contributed by atoms with Gasteiger partial charge in [-0.05, 0) is 53.0 Å². The van der Waals surface area contributed by atoms with Crippen LogP contribution in [0.25, 0.3) is 5.57 Å². The Hall–Kier alpha value is -1.21. The number of thiol groups is 1. The van der Waals surface area contributed by atoms with E-state index in [2.05, 4.69) is 97.9 Å². The Labute approximate surface area is 148 Å². The zero-order valence-corrected chi connectivity index (χ0v) is 16.9. The van der Waals surface area contributed by atoms with Crippen molar-refractivity contribution in [2.75, 3.05) is 0 Å². The van der Waals surface area contributed by atoms with Crippen molar-refractivity contribution in [2.45, 2.75) is 65.7 Å². The summed E-state index contributed by atoms with van der Waals surface area (Å²) in [6.07, 6.45) is 8.71. The molecule has 0 nitrogen and oxygen atoms in total. The topological polar surface area (TPSA) is 0 Å². The lowest BCUT2D eigenvalue weighted by Gasteiger charge is -2.21. The lowest BCUT2D eigenvalue weighted by molar-refractivity contribution is 0.517. The van der Waals surface area contributed by atoms with Crippen molar-refractivity contribution < 1.29 is 0 Å². The second-order valence-corrected chi connectivity index (χ2v) is 8.69. The normalized spacial score (nSPS) is 14.7. The summed E-state index contributed by atoms with van der Waals surface area (Å²) in [7, 11) is 0. The van der Waals surface area contributed by atoms with E-state index >= 15 is 0 Å². The van der Waals surface area contributed by atoms with E-state index in [0.717, 1.165) is 4.90 Å². The largest absolute Gasteiger partial charge is 0.143 e. The van der Waals surface area contributed by atoms with Crippen LogP contribution in [-0.2, 0) is 5.41 Å². The van der Waals surface area contributed by atoms with Crippen LogP contribution in [0.15, 0.2) is 53.0 Å². The average molecular weight is 329 g/mol. The zero-order valence-electron chi connectivity index (χ0n) is 16.0. The molecule has 1 heteroatoms. The van der Waals surface area contributed by atoms with E-state index in [1.807, 2.05) is 0 Å². The number of hydrogen-bond acceptors (Lipinski definition) is 1. The van der Waals surface area contributed by atoms with Gasteiger partial charge in [-0.2, -0.15) is 0 Å². The molecule has 0 aliphatic heterocycles. The first-order chi connectivity index (χ1) is 10.5. The Bertz CT molecular complexity index is 629. The highest BCUT2D eigenvalue weighted by Crippen LogP contribution is 2.30. The summed E-state index contributed by atoms with van der Waals surface area (Å²) >= 11 is 4.71. The van der Waals surface area contributed by atoms with Crippen molar-refractivity contribution in [3.05, 3.63) is 59.2 Å². The van der Waals surface area contributed by atoms with Crippen molar-refractivity contribution in [3.8, 4) is 0 Å². The first-order valence-electron chi connectivity index (χ1n) is 8.32. The van der Waals surface area contributed by atoms with Crippen molar-refractivity contribution in [1.29, 1.82) is 0 Å². The third-order valence-corrected chi connectivity index (χ3v) is 4.38. The van der Waals surface area contributed by atoms with Crippen LogP contribution >= 0.6 is 12.6 Å². The van der Waals surface area contributed by atoms with Crippen molar-refractivity contribution >= 4 is 18.2 Å². The second kappa shape index (κ2) is 7.57. The Kier molecular flexibility index (Phi) is 6.53. The van der Waals surface area contributed by atoms with Gasteiger partial charge in [0.15, 0.2) is 0 Å². The average Bonchev–Trinajstić information content (AvgIpc) is 2.40. The van der Waals surface area contributed by atoms with Gasteiger partial charge in [-0.15, -0.1) is 12.6 Å². The molecule has 23 heavy (non-hydrogen) atoms. The number of hydrogen-bond donors (Lipinski definition) is 1. The Balaban J connectivity index is 3.21. The maximum atomic E-state index is 4.71. The van der Waals surface area contributed by atoms with Crippen LogP contribution in [0.5, 0.6) is 0 Å². The number of allylic oxidation sites excluding steroid dienone is 6. The summed E-state index contributed by atoms with van der Waals surface area (Å²) in [5.74, 6) is 0. The quantitative estimate of drug-likeness (QED) is 0.439. The van der Waals surface area contributed by atoms with Gasteiger partial charge in [-0.3, -0.25) is 0 Å². The molecule has 0 saturated heterocycles. The van der Waals surface area contributed by atoms with Crippen molar-refractivity contribution in [2.24, 2.45) is 5.41 Å². The van der Waals surface area contributed by atoms with Gasteiger partial charge in [0, 0.05) is 4.90 Å². The molecule has 0 fully saturated rings. The van der Waals surface area contributed by atoms with Gasteiger partial charge in [0.05, 0.1) is 0 Å². The third-order valence-electron chi connectivity index (χ3n) is 4.01. The van der Waals surface area contributed by atoms with Gasteiger partial charge in [0.2, 0.25) is 0 Å². The highest BCUT2D eigenvalue weighted by molar-refractivity contribution is 7.80. The SMILES string of the molecule is C/C=C/C(=C\C=C(/C)c1ccc(C(C)(C)C)cc1S)C(C)(C)C. The number of rotatable bonds is 3. The van der Waals surface area contributed by atoms with Crippen LogP contribution in [-0.4, -0.2) is 0 Å². The first kappa shape index (κ1) is 19.8. The maximum absolute atomic E-state index is 4.71. The molecular weight excluding hydrogens is 296 g/mol. The molecule has 0 spiro atoms. The molecule has 1 rings (SSSR count). The summed E-state index contributed by atoms with van der Waals surface area (Å²) in [6.45, 7) is 17.6. The van der Waals surface area contributed by atoms with Gasteiger partial charge in [0.25, 0.3) is 0 Å². The first-order valence-corrected chi connectivity index (χ1v) is 8.77. The smallest absolute Gasteiger partial charge is 0.0118 e. The molecule has 0 aromatic heterocycles. The summed E-state index contributed by atoms with van der Waals surface area (Å²) in [5, 5.41) is 0. The Morgan fingerprint density at radius 3 is 2.04 bits per heavy atom. The highest BCUT2D eigenvalue weighted by atomic mass is 32.1. The summed E-state index contributed by atoms with van der Waals surface area (Å²) in [5.41, 5.74) is 5.38. The van der Waals surface area contributed by atoms with E-state index in [-0.39, 0.29) is 10.8 Å². The molecule has 0 unspecified atom stereocenters. The maximum Gasteiger partial charge on any atom is 0.0118 e.